The minimum atomic E-state index is 0.0997. The van der Waals surface area contributed by atoms with Gasteiger partial charge >= 0.3 is 0 Å². The Balaban J connectivity index is 1.84. The highest BCUT2D eigenvalue weighted by atomic mass is 79.9. The lowest BCUT2D eigenvalue weighted by atomic mass is 9.88. The van der Waals surface area contributed by atoms with Gasteiger partial charge in [0.25, 0.3) is 0 Å². The molecule has 0 aromatic heterocycles. The summed E-state index contributed by atoms with van der Waals surface area (Å²) in [5, 5.41) is 6.11. The fraction of sp³-hybridized carbons (Fsp3) is 0.500. The Morgan fingerprint density at radius 3 is 3.06 bits per heavy atom. The Bertz CT molecular complexity index is 434. The van der Waals surface area contributed by atoms with Crippen LogP contribution in [0.15, 0.2) is 22.7 Å². The second-order valence-electron chi connectivity index (χ2n) is 4.73. The predicted molar refractivity (Wildman–Crippen MR) is 76.6 cm³/mol. The molecule has 18 heavy (non-hydrogen) atoms. The Hall–Kier alpha value is -0.870. The Morgan fingerprint density at radius 1 is 1.44 bits per heavy atom. The molecule has 0 aliphatic heterocycles. The second-order valence-corrected chi connectivity index (χ2v) is 5.65. The molecule has 0 spiro atoms. The quantitative estimate of drug-likeness (QED) is 0.893. The lowest BCUT2D eigenvalue weighted by molar-refractivity contribution is -0.120. The van der Waals surface area contributed by atoms with E-state index in [1.54, 1.807) is 7.05 Å². The van der Waals surface area contributed by atoms with E-state index in [4.69, 9.17) is 0 Å². The summed E-state index contributed by atoms with van der Waals surface area (Å²) in [7, 11) is 1.68. The highest BCUT2D eigenvalue weighted by Gasteiger charge is 2.18. The maximum atomic E-state index is 11.1. The second kappa shape index (κ2) is 6.34. The van der Waals surface area contributed by atoms with Gasteiger partial charge in [0.2, 0.25) is 5.91 Å². The first-order valence-corrected chi connectivity index (χ1v) is 7.19. The van der Waals surface area contributed by atoms with Gasteiger partial charge < -0.3 is 10.6 Å². The molecule has 1 aromatic carbocycles. The average Bonchev–Trinajstić information content (AvgIpc) is 2.38. The largest absolute Gasteiger partial charge is 0.359 e. The summed E-state index contributed by atoms with van der Waals surface area (Å²) < 4.78 is 1.16. The molecule has 2 N–H and O–H groups in total. The molecule has 1 aliphatic rings. The predicted octanol–water partition coefficient (Wildman–Crippen LogP) is 2.03. The van der Waals surface area contributed by atoms with Crippen LogP contribution in [0, 0.1) is 0 Å². The van der Waals surface area contributed by atoms with Crippen molar-refractivity contribution >= 4 is 21.8 Å². The first-order chi connectivity index (χ1) is 8.69. The molecule has 98 valence electrons. The number of amides is 1. The summed E-state index contributed by atoms with van der Waals surface area (Å²) in [5.41, 5.74) is 2.88. The third kappa shape index (κ3) is 3.56. The average molecular weight is 311 g/mol. The highest BCUT2D eigenvalue weighted by Crippen LogP contribution is 2.24. The van der Waals surface area contributed by atoms with E-state index in [-0.39, 0.29) is 5.91 Å². The molecule has 0 heterocycles. The minimum Gasteiger partial charge on any atom is -0.359 e. The number of halogens is 1. The maximum Gasteiger partial charge on any atom is 0.221 e. The van der Waals surface area contributed by atoms with Gasteiger partial charge in [-0.2, -0.15) is 0 Å². The van der Waals surface area contributed by atoms with Crippen molar-refractivity contribution in [2.45, 2.75) is 31.7 Å². The maximum absolute atomic E-state index is 11.1. The number of rotatable bonds is 4. The summed E-state index contributed by atoms with van der Waals surface area (Å²) in [5.74, 6) is 0.0997. The summed E-state index contributed by atoms with van der Waals surface area (Å²) in [6, 6.07) is 7.02. The molecular weight excluding hydrogens is 292 g/mol. The molecule has 0 saturated heterocycles. The van der Waals surface area contributed by atoms with Gasteiger partial charge in [0.1, 0.15) is 0 Å². The Kier molecular flexibility index (Phi) is 4.78. The normalized spacial score (nSPS) is 18.2. The number of benzene rings is 1. The minimum absolute atomic E-state index is 0.0997. The molecule has 1 amide bonds. The monoisotopic (exact) mass is 310 g/mol. The van der Waals surface area contributed by atoms with Crippen LogP contribution in [-0.2, 0) is 17.6 Å². The van der Waals surface area contributed by atoms with Crippen LogP contribution in [0.5, 0.6) is 0 Å². The number of hydrogen-bond donors (Lipinski definition) is 2. The summed E-state index contributed by atoms with van der Waals surface area (Å²) in [6.45, 7) is 0.760. The first-order valence-electron chi connectivity index (χ1n) is 6.40. The molecule has 0 fully saturated rings. The number of aryl methyl sites for hydroxylation is 1. The fourth-order valence-electron chi connectivity index (χ4n) is 2.41. The molecule has 3 nitrogen and oxygen atoms in total. The third-order valence-electron chi connectivity index (χ3n) is 3.46. The number of carbonyl (C=O) groups excluding carboxylic acids is 1. The number of hydrogen-bond acceptors (Lipinski definition) is 2. The molecule has 1 aromatic rings. The van der Waals surface area contributed by atoms with Crippen LogP contribution in [0.3, 0.4) is 0 Å². The van der Waals surface area contributed by atoms with Crippen LogP contribution in [-0.4, -0.2) is 25.5 Å². The summed E-state index contributed by atoms with van der Waals surface area (Å²) in [6.07, 6.45) is 3.89. The van der Waals surface area contributed by atoms with Gasteiger partial charge in [-0.05, 0) is 42.5 Å². The number of nitrogens with one attached hydrogen (secondary N) is 2. The molecule has 0 saturated carbocycles. The molecule has 4 heteroatoms. The van der Waals surface area contributed by atoms with E-state index in [2.05, 4.69) is 44.8 Å². The van der Waals surface area contributed by atoms with Crippen LogP contribution >= 0.6 is 15.9 Å². The zero-order valence-corrected chi connectivity index (χ0v) is 12.2. The lowest BCUT2D eigenvalue weighted by Crippen LogP contribution is -2.36. The van der Waals surface area contributed by atoms with Crippen LogP contribution in [0.4, 0.5) is 0 Å². The van der Waals surface area contributed by atoms with Gasteiger partial charge in [0.05, 0.1) is 0 Å². The zero-order chi connectivity index (χ0) is 13.0. The molecule has 1 unspecified atom stereocenters. The standard InChI is InChI=1S/C14H19BrN2O/c1-16-14(18)6-7-17-13-5-3-10-8-12(15)4-2-11(10)9-13/h2,4,8,13,17H,3,5-7,9H2,1H3,(H,16,18). The van der Waals surface area contributed by atoms with Crippen LogP contribution in [0.25, 0.3) is 0 Å². The van der Waals surface area contributed by atoms with E-state index in [1.807, 2.05) is 0 Å². The Morgan fingerprint density at radius 2 is 2.28 bits per heavy atom. The van der Waals surface area contributed by atoms with Gasteiger partial charge in [0.15, 0.2) is 0 Å². The van der Waals surface area contributed by atoms with Gasteiger partial charge in [-0.15, -0.1) is 0 Å². The van der Waals surface area contributed by atoms with Crippen molar-refractivity contribution in [1.29, 1.82) is 0 Å². The molecule has 2 rings (SSSR count). The third-order valence-corrected chi connectivity index (χ3v) is 3.95. The van der Waals surface area contributed by atoms with Gasteiger partial charge in [-0.1, -0.05) is 22.0 Å². The summed E-state index contributed by atoms with van der Waals surface area (Å²) >= 11 is 3.51. The molecule has 0 radical (unpaired) electrons. The van der Waals surface area contributed by atoms with Gasteiger partial charge in [0, 0.05) is 30.5 Å². The van der Waals surface area contributed by atoms with Crippen molar-refractivity contribution in [3.63, 3.8) is 0 Å². The SMILES string of the molecule is CNC(=O)CCNC1CCc2cc(Br)ccc2C1. The van der Waals surface area contributed by atoms with E-state index in [0.29, 0.717) is 12.5 Å². The van der Waals surface area contributed by atoms with Crippen molar-refractivity contribution in [2.24, 2.45) is 0 Å². The highest BCUT2D eigenvalue weighted by molar-refractivity contribution is 9.10. The molecular formula is C14H19BrN2O. The fourth-order valence-corrected chi connectivity index (χ4v) is 2.82. The van der Waals surface area contributed by atoms with Crippen molar-refractivity contribution < 1.29 is 4.79 Å². The van der Waals surface area contributed by atoms with Gasteiger partial charge in [-0.3, -0.25) is 4.79 Å². The number of carbonyl (C=O) groups is 1. The van der Waals surface area contributed by atoms with Crippen molar-refractivity contribution in [1.82, 2.24) is 10.6 Å². The van der Waals surface area contributed by atoms with Crippen molar-refractivity contribution in [3.8, 4) is 0 Å². The molecule has 1 aliphatic carbocycles. The van der Waals surface area contributed by atoms with Crippen LogP contribution in [0.2, 0.25) is 0 Å². The summed E-state index contributed by atoms with van der Waals surface area (Å²) in [4.78, 5) is 11.1. The van der Waals surface area contributed by atoms with Gasteiger partial charge in [-0.25, -0.2) is 0 Å². The van der Waals surface area contributed by atoms with E-state index in [1.165, 1.54) is 11.1 Å². The lowest BCUT2D eigenvalue weighted by Gasteiger charge is -2.25. The van der Waals surface area contributed by atoms with Crippen molar-refractivity contribution in [2.75, 3.05) is 13.6 Å². The van der Waals surface area contributed by atoms with E-state index in [9.17, 15) is 4.79 Å². The van der Waals surface area contributed by atoms with E-state index in [0.717, 1.165) is 30.3 Å². The Labute approximate surface area is 116 Å². The van der Waals surface area contributed by atoms with E-state index >= 15 is 0 Å². The molecule has 0 bridgehead atoms. The van der Waals surface area contributed by atoms with Crippen LogP contribution in [0.1, 0.15) is 24.0 Å². The number of fused-ring (bicyclic) bond motifs is 1. The smallest absolute Gasteiger partial charge is 0.221 e. The van der Waals surface area contributed by atoms with Crippen molar-refractivity contribution in [3.05, 3.63) is 33.8 Å². The van der Waals surface area contributed by atoms with E-state index < -0.39 is 0 Å². The van der Waals surface area contributed by atoms with Crippen LogP contribution < -0.4 is 10.6 Å². The first kappa shape index (κ1) is 13.6. The topological polar surface area (TPSA) is 41.1 Å². The molecule has 1 atom stereocenters. The zero-order valence-electron chi connectivity index (χ0n) is 10.6.